The summed E-state index contributed by atoms with van der Waals surface area (Å²) in [6.07, 6.45) is -0.849. The smallest absolute Gasteiger partial charge is 0.444 e. The summed E-state index contributed by atoms with van der Waals surface area (Å²) in [7, 11) is 0. The van der Waals surface area contributed by atoms with Gasteiger partial charge in [-0.25, -0.2) is 4.79 Å². The second kappa shape index (κ2) is 8.01. The number of aromatic nitrogens is 4. The average molecular weight is 429 g/mol. The predicted octanol–water partition coefficient (Wildman–Crippen LogP) is 4.76. The highest BCUT2D eigenvalue weighted by Gasteiger charge is 2.38. The molecule has 0 aliphatic rings. The van der Waals surface area contributed by atoms with Gasteiger partial charge in [0.2, 0.25) is 5.82 Å². The number of hydrogen-bond donors (Lipinski definition) is 1. The fraction of sp³-hybridized carbons (Fsp3) is 0.150. The Morgan fingerprint density at radius 1 is 1.19 bits per heavy atom. The molecule has 0 unspecified atom stereocenters. The lowest BCUT2D eigenvalue weighted by atomic mass is 10.1. The first-order valence-corrected chi connectivity index (χ1v) is 8.94. The van der Waals surface area contributed by atoms with E-state index in [0.29, 0.717) is 11.3 Å². The van der Waals surface area contributed by atoms with Crippen molar-refractivity contribution >= 4 is 22.6 Å². The van der Waals surface area contributed by atoms with E-state index in [1.807, 2.05) is 24.3 Å². The Hall–Kier alpha value is -4.02. The normalized spacial score (nSPS) is 11.5. The Labute approximate surface area is 173 Å². The van der Waals surface area contributed by atoms with Crippen molar-refractivity contribution in [3.8, 4) is 11.5 Å². The number of nitrogens with one attached hydrogen (secondary N) is 1. The Kier molecular flexibility index (Phi) is 5.24. The molecule has 0 aliphatic carbocycles. The maximum absolute atomic E-state index is 12.6. The van der Waals surface area contributed by atoms with Gasteiger partial charge in [-0.1, -0.05) is 29.4 Å². The lowest BCUT2D eigenvalue weighted by molar-refractivity contribution is -0.159. The Morgan fingerprint density at radius 2 is 2.00 bits per heavy atom. The topological polar surface area (TPSA) is 103 Å². The summed E-state index contributed by atoms with van der Waals surface area (Å²) >= 11 is 0. The van der Waals surface area contributed by atoms with E-state index in [0.717, 1.165) is 16.3 Å². The molecule has 4 rings (SSSR count). The lowest BCUT2D eigenvalue weighted by Gasteiger charge is -2.10. The van der Waals surface area contributed by atoms with E-state index < -0.39 is 18.2 Å². The number of anilines is 1. The maximum Gasteiger partial charge on any atom is 0.471 e. The number of fused-ring (bicyclic) bond motifs is 1. The Morgan fingerprint density at radius 3 is 2.74 bits per heavy atom. The number of carbonyl (C=O) groups excluding carboxylic acids is 1. The number of pyridine rings is 2. The maximum atomic E-state index is 12.6. The predicted molar refractivity (Wildman–Crippen MR) is 103 cm³/mol. The highest BCUT2D eigenvalue weighted by molar-refractivity contribution is 5.87. The number of amides is 1. The van der Waals surface area contributed by atoms with Gasteiger partial charge in [0, 0.05) is 23.3 Å². The molecule has 0 saturated carbocycles. The fourth-order valence-corrected chi connectivity index (χ4v) is 2.84. The summed E-state index contributed by atoms with van der Waals surface area (Å²) < 4.78 is 47.3. The molecule has 0 radical (unpaired) electrons. The highest BCUT2D eigenvalue weighted by atomic mass is 19.4. The lowest BCUT2D eigenvalue weighted by Crippen LogP contribution is -2.14. The number of carbonyl (C=O) groups is 1. The van der Waals surface area contributed by atoms with Crippen LogP contribution in [-0.2, 0) is 17.5 Å². The largest absolute Gasteiger partial charge is 0.471 e. The molecule has 1 amide bonds. The molecule has 3 aromatic heterocycles. The third-order valence-corrected chi connectivity index (χ3v) is 4.35. The van der Waals surface area contributed by atoms with Gasteiger partial charge in [0.05, 0.1) is 11.9 Å². The van der Waals surface area contributed by atoms with Gasteiger partial charge in [-0.2, -0.15) is 18.2 Å². The summed E-state index contributed by atoms with van der Waals surface area (Å²) in [6.45, 7) is 1.65. The van der Waals surface area contributed by atoms with E-state index in [2.05, 4.69) is 29.9 Å². The molecule has 1 aromatic carbocycles. The van der Waals surface area contributed by atoms with Gasteiger partial charge in [0.15, 0.2) is 0 Å². The van der Waals surface area contributed by atoms with E-state index >= 15 is 0 Å². The van der Waals surface area contributed by atoms with Gasteiger partial charge in [-0.05, 0) is 23.9 Å². The Balaban J connectivity index is 1.43. The third-order valence-electron chi connectivity index (χ3n) is 4.35. The van der Waals surface area contributed by atoms with Gasteiger partial charge in [-0.3, -0.25) is 15.3 Å². The van der Waals surface area contributed by atoms with Crippen LogP contribution in [0.1, 0.15) is 17.0 Å². The van der Waals surface area contributed by atoms with Crippen molar-refractivity contribution in [1.82, 2.24) is 20.1 Å². The van der Waals surface area contributed by atoms with Gasteiger partial charge >= 0.3 is 18.2 Å². The van der Waals surface area contributed by atoms with Crippen molar-refractivity contribution in [1.29, 1.82) is 0 Å². The first-order valence-electron chi connectivity index (χ1n) is 8.94. The number of nitrogens with zero attached hydrogens (tertiary/aromatic N) is 4. The number of benzene rings is 1. The van der Waals surface area contributed by atoms with Crippen LogP contribution in [0.2, 0.25) is 0 Å². The summed E-state index contributed by atoms with van der Waals surface area (Å²) in [6, 6.07) is 9.00. The average Bonchev–Trinajstić information content (AvgIpc) is 3.24. The summed E-state index contributed by atoms with van der Waals surface area (Å²) in [5.41, 5.74) is 1.66. The number of hydrogen-bond acceptors (Lipinski definition) is 7. The third kappa shape index (κ3) is 4.44. The van der Waals surface area contributed by atoms with Crippen molar-refractivity contribution in [2.75, 3.05) is 5.32 Å². The van der Waals surface area contributed by atoms with Crippen LogP contribution in [-0.4, -0.2) is 26.2 Å². The standard InChI is InChI=1S/C20H14F3N5O3/c1-11-6-15(17-27-18(31-28-17)20(21,22)23)25-9-16(11)26-19(29)30-10-13-8-24-7-12-4-2-3-5-14(12)13/h2-9H,10H2,1H3,(H,26,29). The van der Waals surface area contributed by atoms with E-state index in [4.69, 9.17) is 4.74 Å². The monoisotopic (exact) mass is 429 g/mol. The molecular weight excluding hydrogens is 415 g/mol. The van der Waals surface area contributed by atoms with Crippen LogP contribution in [0, 0.1) is 6.92 Å². The number of alkyl halides is 3. The van der Waals surface area contributed by atoms with E-state index in [9.17, 15) is 18.0 Å². The second-order valence-corrected chi connectivity index (χ2v) is 6.53. The van der Waals surface area contributed by atoms with Crippen molar-refractivity contribution in [2.24, 2.45) is 0 Å². The molecule has 0 aliphatic heterocycles. The van der Waals surface area contributed by atoms with Crippen LogP contribution in [0.25, 0.3) is 22.3 Å². The molecule has 0 atom stereocenters. The first-order chi connectivity index (χ1) is 14.8. The van der Waals surface area contributed by atoms with Crippen LogP contribution < -0.4 is 5.32 Å². The minimum absolute atomic E-state index is 0.00776. The molecule has 11 heteroatoms. The molecule has 0 fully saturated rings. The van der Waals surface area contributed by atoms with Crippen molar-refractivity contribution in [2.45, 2.75) is 19.7 Å². The minimum Gasteiger partial charge on any atom is -0.444 e. The molecule has 0 spiro atoms. The highest BCUT2D eigenvalue weighted by Crippen LogP contribution is 2.29. The summed E-state index contributed by atoms with van der Waals surface area (Å²) in [5, 5.41) is 7.68. The molecule has 1 N–H and O–H groups in total. The van der Waals surface area contributed by atoms with E-state index in [1.165, 1.54) is 12.3 Å². The number of ether oxygens (including phenoxy) is 1. The quantitative estimate of drug-likeness (QED) is 0.499. The van der Waals surface area contributed by atoms with E-state index in [-0.39, 0.29) is 18.1 Å². The minimum atomic E-state index is -4.74. The zero-order chi connectivity index (χ0) is 22.0. The van der Waals surface area contributed by atoms with E-state index in [1.54, 1.807) is 19.3 Å². The second-order valence-electron chi connectivity index (χ2n) is 6.53. The molecule has 158 valence electrons. The molecule has 0 bridgehead atoms. The van der Waals surface area contributed by atoms with Crippen molar-refractivity contribution in [3.05, 3.63) is 65.9 Å². The zero-order valence-electron chi connectivity index (χ0n) is 16.0. The van der Waals surface area contributed by atoms with Gasteiger partial charge in [0.1, 0.15) is 12.3 Å². The molecular formula is C20H14F3N5O3. The number of halogens is 3. The van der Waals surface area contributed by atoms with Crippen molar-refractivity contribution < 1.29 is 27.2 Å². The Bertz CT molecular complexity index is 1250. The van der Waals surface area contributed by atoms with Crippen LogP contribution in [0.4, 0.5) is 23.7 Å². The molecule has 0 saturated heterocycles. The van der Waals surface area contributed by atoms with Crippen LogP contribution in [0.3, 0.4) is 0 Å². The molecule has 31 heavy (non-hydrogen) atoms. The number of rotatable bonds is 4. The van der Waals surface area contributed by atoms with Crippen LogP contribution in [0.5, 0.6) is 0 Å². The van der Waals surface area contributed by atoms with Gasteiger partial charge < -0.3 is 9.26 Å². The molecule has 4 aromatic rings. The van der Waals surface area contributed by atoms with Crippen LogP contribution >= 0.6 is 0 Å². The first kappa shape index (κ1) is 20.3. The van der Waals surface area contributed by atoms with Crippen molar-refractivity contribution in [3.63, 3.8) is 0 Å². The summed E-state index contributed by atoms with van der Waals surface area (Å²) in [5.74, 6) is -1.77. The zero-order valence-corrected chi connectivity index (χ0v) is 16.0. The number of aryl methyl sites for hydroxylation is 1. The van der Waals surface area contributed by atoms with Gasteiger partial charge in [0.25, 0.3) is 0 Å². The van der Waals surface area contributed by atoms with Crippen LogP contribution in [0.15, 0.2) is 53.4 Å². The molecule has 8 nitrogen and oxygen atoms in total. The molecule has 3 heterocycles. The fourth-order valence-electron chi connectivity index (χ4n) is 2.84. The van der Waals surface area contributed by atoms with Gasteiger partial charge in [-0.15, -0.1) is 0 Å². The SMILES string of the molecule is Cc1cc(-c2noc(C(F)(F)F)n2)ncc1NC(=O)OCc1cncc2ccccc12. The summed E-state index contributed by atoms with van der Waals surface area (Å²) in [4.78, 5) is 23.6.